The third-order valence-electron chi connectivity index (χ3n) is 6.36. The van der Waals surface area contributed by atoms with Crippen LogP contribution in [0.2, 0.25) is 0 Å². The molecule has 0 bridgehead atoms. The fourth-order valence-electron chi connectivity index (χ4n) is 4.65. The molecule has 0 unspecified atom stereocenters. The zero-order chi connectivity index (χ0) is 20.8. The third-order valence-corrected chi connectivity index (χ3v) is 6.36. The molecular weight excluding hydrogens is 380 g/mol. The molecule has 1 saturated carbocycles. The average molecular weight is 405 g/mol. The smallest absolute Gasteiger partial charge is 0.228 e. The number of halogens is 2. The van der Waals surface area contributed by atoms with Crippen LogP contribution in [0.3, 0.4) is 0 Å². The zero-order valence-electron chi connectivity index (χ0n) is 16.4. The van der Waals surface area contributed by atoms with E-state index in [1.807, 2.05) is 11.8 Å². The molecule has 2 heterocycles. The second kappa shape index (κ2) is 7.39. The summed E-state index contributed by atoms with van der Waals surface area (Å²) in [6, 6.07) is 3.81. The summed E-state index contributed by atoms with van der Waals surface area (Å²) in [5.74, 6) is -2.38. The highest BCUT2D eigenvalue weighted by Gasteiger charge is 2.56. The third kappa shape index (κ3) is 3.72. The van der Waals surface area contributed by atoms with Gasteiger partial charge in [0.25, 0.3) is 0 Å². The van der Waals surface area contributed by atoms with Crippen LogP contribution in [0.25, 0.3) is 0 Å². The number of carbonyl (C=O) groups excluding carboxylic acids is 3. The number of nitrogens with zero attached hydrogens (tertiary/aromatic N) is 2. The van der Waals surface area contributed by atoms with E-state index in [-0.39, 0.29) is 35.9 Å². The Labute approximate surface area is 168 Å². The van der Waals surface area contributed by atoms with Crippen molar-refractivity contribution in [3.05, 3.63) is 29.8 Å². The van der Waals surface area contributed by atoms with Crippen LogP contribution in [0.15, 0.2) is 18.2 Å². The maximum Gasteiger partial charge on any atom is 0.228 e. The maximum atomic E-state index is 13.5. The largest absolute Gasteiger partial charge is 0.368 e. The number of benzene rings is 1. The SMILES string of the molecule is C[C@@H](C[C@@]1(C2CC2)NC(=O)CC1=O)C(=O)N1CCN(c2ccc(F)c(F)c2)CC1. The van der Waals surface area contributed by atoms with Crippen LogP contribution in [0.5, 0.6) is 0 Å². The second-order valence-electron chi connectivity index (χ2n) is 8.41. The minimum atomic E-state index is -0.886. The number of ketones is 1. The molecule has 1 aromatic rings. The number of hydrogen-bond acceptors (Lipinski definition) is 4. The molecule has 1 N–H and O–H groups in total. The molecule has 2 aliphatic heterocycles. The van der Waals surface area contributed by atoms with Crippen molar-refractivity contribution in [2.24, 2.45) is 11.8 Å². The van der Waals surface area contributed by atoms with Gasteiger partial charge in [-0.2, -0.15) is 0 Å². The van der Waals surface area contributed by atoms with E-state index in [4.69, 9.17) is 0 Å². The first-order valence-electron chi connectivity index (χ1n) is 10.1. The molecule has 8 heteroatoms. The van der Waals surface area contributed by atoms with Crippen LogP contribution in [-0.4, -0.2) is 54.2 Å². The van der Waals surface area contributed by atoms with Crippen molar-refractivity contribution in [2.45, 2.75) is 38.1 Å². The summed E-state index contributed by atoms with van der Waals surface area (Å²) >= 11 is 0. The Kier molecular flexibility index (Phi) is 5.04. The summed E-state index contributed by atoms with van der Waals surface area (Å²) in [7, 11) is 0. The van der Waals surface area contributed by atoms with Crippen molar-refractivity contribution in [3.8, 4) is 0 Å². The van der Waals surface area contributed by atoms with Crippen molar-refractivity contribution < 1.29 is 23.2 Å². The van der Waals surface area contributed by atoms with E-state index in [0.717, 1.165) is 18.9 Å². The highest BCUT2D eigenvalue weighted by atomic mass is 19.2. The quantitative estimate of drug-likeness (QED) is 0.760. The minimum absolute atomic E-state index is 0.0380. The van der Waals surface area contributed by atoms with Crippen LogP contribution in [-0.2, 0) is 14.4 Å². The van der Waals surface area contributed by atoms with Gasteiger partial charge < -0.3 is 15.1 Å². The van der Waals surface area contributed by atoms with E-state index in [1.54, 1.807) is 4.90 Å². The predicted octanol–water partition coefficient (Wildman–Crippen LogP) is 1.88. The van der Waals surface area contributed by atoms with Crippen LogP contribution < -0.4 is 10.2 Å². The van der Waals surface area contributed by atoms with Gasteiger partial charge in [0.2, 0.25) is 11.8 Å². The summed E-state index contributed by atoms with van der Waals surface area (Å²) in [4.78, 5) is 40.9. The minimum Gasteiger partial charge on any atom is -0.368 e. The van der Waals surface area contributed by atoms with Crippen molar-refractivity contribution in [1.82, 2.24) is 10.2 Å². The Bertz CT molecular complexity index is 850. The molecule has 3 fully saturated rings. The van der Waals surface area contributed by atoms with Gasteiger partial charge in [0.1, 0.15) is 5.54 Å². The Morgan fingerprint density at radius 1 is 1.17 bits per heavy atom. The lowest BCUT2D eigenvalue weighted by atomic mass is 9.81. The molecular formula is C21H25F2N3O3. The molecule has 29 heavy (non-hydrogen) atoms. The van der Waals surface area contributed by atoms with Crippen LogP contribution in [0.4, 0.5) is 14.5 Å². The van der Waals surface area contributed by atoms with Gasteiger partial charge in [-0.15, -0.1) is 0 Å². The van der Waals surface area contributed by atoms with Gasteiger partial charge in [-0.3, -0.25) is 14.4 Å². The van der Waals surface area contributed by atoms with Gasteiger partial charge in [-0.05, 0) is 37.3 Å². The van der Waals surface area contributed by atoms with Gasteiger partial charge in [-0.1, -0.05) is 6.92 Å². The second-order valence-corrected chi connectivity index (χ2v) is 8.41. The monoisotopic (exact) mass is 405 g/mol. The molecule has 3 aliphatic rings. The van der Waals surface area contributed by atoms with Crippen LogP contribution >= 0.6 is 0 Å². The Hall–Kier alpha value is -2.51. The molecule has 0 aromatic heterocycles. The molecule has 156 valence electrons. The van der Waals surface area contributed by atoms with Crippen molar-refractivity contribution >= 4 is 23.3 Å². The number of nitrogens with one attached hydrogen (secondary N) is 1. The number of rotatable bonds is 5. The zero-order valence-corrected chi connectivity index (χ0v) is 16.4. The van der Waals surface area contributed by atoms with Crippen LogP contribution in [0.1, 0.15) is 32.6 Å². The molecule has 2 saturated heterocycles. The lowest BCUT2D eigenvalue weighted by molar-refractivity contribution is -0.137. The first-order chi connectivity index (χ1) is 13.8. The number of hydrogen-bond donors (Lipinski definition) is 1. The highest BCUT2D eigenvalue weighted by molar-refractivity contribution is 6.10. The molecule has 2 amide bonds. The topological polar surface area (TPSA) is 69.7 Å². The van der Waals surface area contributed by atoms with E-state index >= 15 is 0 Å². The summed E-state index contributed by atoms with van der Waals surface area (Å²) in [6.45, 7) is 3.80. The number of piperazine rings is 1. The predicted molar refractivity (Wildman–Crippen MR) is 102 cm³/mol. The van der Waals surface area contributed by atoms with E-state index in [1.165, 1.54) is 12.1 Å². The maximum absolute atomic E-state index is 13.5. The molecule has 0 radical (unpaired) electrons. The van der Waals surface area contributed by atoms with Gasteiger partial charge in [0.15, 0.2) is 17.4 Å². The Balaban J connectivity index is 1.37. The van der Waals surface area contributed by atoms with Gasteiger partial charge in [0.05, 0.1) is 6.42 Å². The van der Waals surface area contributed by atoms with Crippen LogP contribution in [0, 0.1) is 23.5 Å². The summed E-state index contributed by atoms with van der Waals surface area (Å²) < 4.78 is 26.6. The fourth-order valence-corrected chi connectivity index (χ4v) is 4.65. The molecule has 1 aliphatic carbocycles. The number of amides is 2. The number of Topliss-reactive ketones (excluding diaryl/α,β-unsaturated/α-hetero) is 1. The van der Waals surface area contributed by atoms with Gasteiger partial charge >= 0.3 is 0 Å². The normalized spacial score (nSPS) is 25.9. The Morgan fingerprint density at radius 3 is 2.41 bits per heavy atom. The molecule has 6 nitrogen and oxygen atoms in total. The number of carbonyl (C=O) groups is 3. The first-order valence-corrected chi connectivity index (χ1v) is 10.1. The standard InChI is InChI=1S/C21H25F2N3O3/c1-13(12-21(14-2-3-14)18(27)11-19(28)24-21)20(29)26-8-6-25(7-9-26)15-4-5-16(22)17(23)10-15/h4-5,10,13-14H,2-3,6-9,11-12H2,1H3,(H,24,28)/t13-,21-/m0/s1. The molecule has 1 aromatic carbocycles. The van der Waals surface area contributed by atoms with Gasteiger partial charge in [-0.25, -0.2) is 8.78 Å². The van der Waals surface area contributed by atoms with Crippen molar-refractivity contribution in [3.63, 3.8) is 0 Å². The van der Waals surface area contributed by atoms with Crippen molar-refractivity contribution in [2.75, 3.05) is 31.1 Å². The van der Waals surface area contributed by atoms with E-state index in [9.17, 15) is 23.2 Å². The molecule has 0 spiro atoms. The van der Waals surface area contributed by atoms with E-state index < -0.39 is 17.2 Å². The highest BCUT2D eigenvalue weighted by Crippen LogP contribution is 2.46. The summed E-state index contributed by atoms with van der Waals surface area (Å²) in [5.41, 5.74) is -0.282. The number of anilines is 1. The Morgan fingerprint density at radius 2 is 1.86 bits per heavy atom. The fraction of sp³-hybridized carbons (Fsp3) is 0.571. The average Bonchev–Trinajstić information content (AvgIpc) is 3.50. The lowest BCUT2D eigenvalue weighted by Gasteiger charge is -2.38. The van der Waals surface area contributed by atoms with Crippen molar-refractivity contribution in [1.29, 1.82) is 0 Å². The summed E-state index contributed by atoms with van der Waals surface area (Å²) in [6.07, 6.45) is 2.05. The van der Waals surface area contributed by atoms with Gasteiger partial charge in [0, 0.05) is 43.9 Å². The molecule has 4 rings (SSSR count). The first kappa shape index (κ1) is 19.8. The summed E-state index contributed by atoms with van der Waals surface area (Å²) in [5, 5.41) is 2.87. The van der Waals surface area contributed by atoms with E-state index in [0.29, 0.717) is 38.3 Å². The van der Waals surface area contributed by atoms with E-state index in [2.05, 4.69) is 5.32 Å². The lowest BCUT2D eigenvalue weighted by Crippen LogP contribution is -2.54. The molecule has 2 atom stereocenters.